The van der Waals surface area contributed by atoms with Crippen LogP contribution in [0.1, 0.15) is 44.3 Å². The number of phenolic OH excluding ortho intramolecular Hbond substituents is 1. The van der Waals surface area contributed by atoms with Crippen molar-refractivity contribution in [1.29, 1.82) is 0 Å². The first-order valence-corrected chi connectivity index (χ1v) is 11.0. The summed E-state index contributed by atoms with van der Waals surface area (Å²) in [5, 5.41) is 18.2. The number of amides is 1. The molecule has 5 rings (SSSR count). The van der Waals surface area contributed by atoms with E-state index in [9.17, 15) is 14.3 Å². The molecule has 7 heteroatoms. The molecule has 1 unspecified atom stereocenters. The summed E-state index contributed by atoms with van der Waals surface area (Å²) in [6, 6.07) is 16.9. The number of aryl methyl sites for hydroxylation is 2. The summed E-state index contributed by atoms with van der Waals surface area (Å²) in [7, 11) is 1.60. The van der Waals surface area contributed by atoms with Crippen LogP contribution < -0.4 is 4.74 Å². The molecule has 0 radical (unpaired) electrons. The molecule has 2 N–H and O–H groups in total. The lowest BCUT2D eigenvalue weighted by Crippen LogP contribution is -2.29. The largest absolute Gasteiger partial charge is 0.507 e. The zero-order valence-corrected chi connectivity index (χ0v) is 19.1. The van der Waals surface area contributed by atoms with Crippen LogP contribution in [0.5, 0.6) is 11.5 Å². The first-order valence-electron chi connectivity index (χ1n) is 11.0. The lowest BCUT2D eigenvalue weighted by molar-refractivity contribution is 0.0730. The van der Waals surface area contributed by atoms with Gasteiger partial charge in [-0.25, -0.2) is 4.39 Å². The molecule has 0 aliphatic carbocycles. The predicted molar refractivity (Wildman–Crippen MR) is 126 cm³/mol. The molecule has 1 amide bonds. The molecule has 2 heterocycles. The van der Waals surface area contributed by atoms with E-state index in [1.54, 1.807) is 24.1 Å². The minimum absolute atomic E-state index is 0.124. The summed E-state index contributed by atoms with van der Waals surface area (Å²) in [6.07, 6.45) is 0. The van der Waals surface area contributed by atoms with E-state index in [1.807, 2.05) is 50.2 Å². The van der Waals surface area contributed by atoms with Gasteiger partial charge >= 0.3 is 0 Å². The molecular weight excluding hydrogens is 433 g/mol. The van der Waals surface area contributed by atoms with Gasteiger partial charge in [0.25, 0.3) is 5.91 Å². The molecule has 172 valence electrons. The SMILES string of the molecule is COc1ccc(CN2C(=O)c3[nH]nc(-c4cc(C)cc(C)c4O)c3C2c2ccc(F)cc2)cc1. The summed E-state index contributed by atoms with van der Waals surface area (Å²) in [5.41, 5.74) is 5.50. The van der Waals surface area contributed by atoms with Crippen molar-refractivity contribution in [2.45, 2.75) is 26.4 Å². The summed E-state index contributed by atoms with van der Waals surface area (Å²) in [5.74, 6) is 0.296. The van der Waals surface area contributed by atoms with Crippen LogP contribution in [0, 0.1) is 19.7 Å². The Labute approximate surface area is 196 Å². The van der Waals surface area contributed by atoms with Crippen LogP contribution in [0.3, 0.4) is 0 Å². The summed E-state index contributed by atoms with van der Waals surface area (Å²) in [4.78, 5) is 15.3. The summed E-state index contributed by atoms with van der Waals surface area (Å²) < 4.78 is 19.0. The summed E-state index contributed by atoms with van der Waals surface area (Å²) >= 11 is 0. The highest BCUT2D eigenvalue weighted by Crippen LogP contribution is 2.45. The molecule has 1 aliphatic rings. The zero-order valence-electron chi connectivity index (χ0n) is 19.1. The highest BCUT2D eigenvalue weighted by molar-refractivity contribution is 6.00. The van der Waals surface area contributed by atoms with E-state index in [0.29, 0.717) is 29.1 Å². The molecule has 1 atom stereocenters. The van der Waals surface area contributed by atoms with Crippen molar-refractivity contribution < 1.29 is 19.0 Å². The number of benzene rings is 3. The number of nitrogens with one attached hydrogen (secondary N) is 1. The Bertz CT molecular complexity index is 1380. The minimum atomic E-state index is -0.501. The van der Waals surface area contributed by atoms with Crippen molar-refractivity contribution in [3.63, 3.8) is 0 Å². The van der Waals surface area contributed by atoms with Crippen molar-refractivity contribution in [2.24, 2.45) is 0 Å². The molecule has 0 saturated heterocycles. The molecule has 34 heavy (non-hydrogen) atoms. The number of methoxy groups -OCH3 is 1. The topological polar surface area (TPSA) is 78.5 Å². The number of ether oxygens (including phenoxy) is 1. The van der Waals surface area contributed by atoms with Crippen LogP contribution in [-0.4, -0.2) is 33.2 Å². The van der Waals surface area contributed by atoms with Crippen LogP contribution >= 0.6 is 0 Å². The Morgan fingerprint density at radius 1 is 1.09 bits per heavy atom. The zero-order chi connectivity index (χ0) is 24.0. The number of nitrogens with zero attached hydrogens (tertiary/aromatic N) is 2. The van der Waals surface area contributed by atoms with Gasteiger partial charge in [0.2, 0.25) is 0 Å². The number of aromatic amines is 1. The van der Waals surface area contributed by atoms with E-state index in [0.717, 1.165) is 28.0 Å². The number of hydrogen-bond donors (Lipinski definition) is 2. The highest BCUT2D eigenvalue weighted by atomic mass is 19.1. The molecule has 0 fully saturated rings. The maximum atomic E-state index is 13.7. The Balaban J connectivity index is 1.65. The molecule has 6 nitrogen and oxygen atoms in total. The van der Waals surface area contributed by atoms with E-state index >= 15 is 0 Å². The second-order valence-corrected chi connectivity index (χ2v) is 8.57. The predicted octanol–water partition coefficient (Wildman–Crippen LogP) is 5.29. The number of carbonyl (C=O) groups excluding carboxylic acids is 1. The lowest BCUT2D eigenvalue weighted by atomic mass is 9.94. The first-order chi connectivity index (χ1) is 16.4. The third kappa shape index (κ3) is 3.59. The number of aromatic nitrogens is 2. The Morgan fingerprint density at radius 3 is 2.47 bits per heavy atom. The van der Waals surface area contributed by atoms with Crippen molar-refractivity contribution in [3.05, 3.63) is 100.0 Å². The Morgan fingerprint density at radius 2 is 1.79 bits per heavy atom. The van der Waals surface area contributed by atoms with Crippen molar-refractivity contribution >= 4 is 5.91 Å². The number of rotatable bonds is 5. The maximum Gasteiger partial charge on any atom is 0.273 e. The van der Waals surface area contributed by atoms with E-state index in [4.69, 9.17) is 4.74 Å². The molecule has 3 aromatic carbocycles. The Hall–Kier alpha value is -4.13. The van der Waals surface area contributed by atoms with Gasteiger partial charge in [0.15, 0.2) is 0 Å². The smallest absolute Gasteiger partial charge is 0.273 e. The normalized spacial score (nSPS) is 15.0. The second kappa shape index (κ2) is 8.33. The van der Waals surface area contributed by atoms with Crippen LogP contribution in [-0.2, 0) is 6.54 Å². The fourth-order valence-electron chi connectivity index (χ4n) is 4.62. The van der Waals surface area contributed by atoms with E-state index in [-0.39, 0.29) is 17.5 Å². The molecule has 1 aromatic heterocycles. The molecule has 1 aliphatic heterocycles. The number of carbonyl (C=O) groups is 1. The first kappa shape index (κ1) is 21.7. The van der Waals surface area contributed by atoms with Crippen molar-refractivity contribution in [3.8, 4) is 22.8 Å². The minimum Gasteiger partial charge on any atom is -0.507 e. The second-order valence-electron chi connectivity index (χ2n) is 8.57. The Kier molecular flexibility index (Phi) is 5.32. The van der Waals surface area contributed by atoms with Gasteiger partial charge in [-0.15, -0.1) is 0 Å². The lowest BCUT2D eigenvalue weighted by Gasteiger charge is -2.26. The average Bonchev–Trinajstić information content (AvgIpc) is 3.37. The number of fused-ring (bicyclic) bond motifs is 1. The average molecular weight is 458 g/mol. The fourth-order valence-corrected chi connectivity index (χ4v) is 4.62. The number of aromatic hydroxyl groups is 1. The molecule has 0 saturated carbocycles. The third-order valence-electron chi connectivity index (χ3n) is 6.26. The van der Waals surface area contributed by atoms with Gasteiger partial charge in [-0.2, -0.15) is 5.10 Å². The molecule has 0 bridgehead atoms. The van der Waals surface area contributed by atoms with Gasteiger partial charge in [0, 0.05) is 17.7 Å². The number of phenols is 1. The highest BCUT2D eigenvalue weighted by Gasteiger charge is 2.42. The molecule has 0 spiro atoms. The quantitative estimate of drug-likeness (QED) is 0.427. The third-order valence-corrected chi connectivity index (χ3v) is 6.26. The van der Waals surface area contributed by atoms with Crippen LogP contribution in [0.4, 0.5) is 4.39 Å². The van der Waals surface area contributed by atoms with Crippen LogP contribution in [0.15, 0.2) is 60.7 Å². The van der Waals surface area contributed by atoms with Crippen LogP contribution in [0.25, 0.3) is 11.3 Å². The van der Waals surface area contributed by atoms with Gasteiger partial charge in [0.05, 0.1) is 13.2 Å². The van der Waals surface area contributed by atoms with E-state index < -0.39 is 6.04 Å². The van der Waals surface area contributed by atoms with Gasteiger partial charge < -0.3 is 14.7 Å². The van der Waals surface area contributed by atoms with Crippen LogP contribution in [0.2, 0.25) is 0 Å². The monoisotopic (exact) mass is 457 g/mol. The van der Waals surface area contributed by atoms with Gasteiger partial charge in [-0.05, 0) is 66.4 Å². The number of halogens is 1. The summed E-state index contributed by atoms with van der Waals surface area (Å²) in [6.45, 7) is 4.12. The standard InChI is InChI=1S/C27H24FN3O3/c1-15-12-16(2)26(32)21(13-15)23-22-24(30-29-23)27(33)31(14-17-4-10-20(34-3)11-5-17)25(22)18-6-8-19(28)9-7-18/h4-13,25,32H,14H2,1-3H3,(H,29,30). The number of H-pyrrole nitrogens is 1. The number of hydrogen-bond acceptors (Lipinski definition) is 4. The maximum absolute atomic E-state index is 13.7. The van der Waals surface area contributed by atoms with Gasteiger partial charge in [0.1, 0.15) is 28.7 Å². The molecule has 4 aromatic rings. The molecular formula is C27H24FN3O3. The fraction of sp³-hybridized carbons (Fsp3) is 0.185. The van der Waals surface area contributed by atoms with Gasteiger partial charge in [-0.1, -0.05) is 30.3 Å². The van der Waals surface area contributed by atoms with Gasteiger partial charge in [-0.3, -0.25) is 9.89 Å². The van der Waals surface area contributed by atoms with Crippen molar-refractivity contribution in [1.82, 2.24) is 15.1 Å². The van der Waals surface area contributed by atoms with E-state index in [1.165, 1.54) is 12.1 Å². The van der Waals surface area contributed by atoms with E-state index in [2.05, 4.69) is 10.2 Å². The van der Waals surface area contributed by atoms with Crippen molar-refractivity contribution in [2.75, 3.05) is 7.11 Å².